The Hall–Kier alpha value is -0.795. The van der Waals surface area contributed by atoms with E-state index in [-0.39, 0.29) is 0 Å². The topological polar surface area (TPSA) is 38.0 Å². The first kappa shape index (κ1) is 9.29. The summed E-state index contributed by atoms with van der Waals surface area (Å²) in [7, 11) is 5.54. The van der Waals surface area contributed by atoms with Gasteiger partial charge in [-0.05, 0) is 5.56 Å². The molecular weight excluding hydrogens is 147 g/mol. The van der Waals surface area contributed by atoms with E-state index in [0.29, 0.717) is 6.54 Å². The van der Waals surface area contributed by atoms with Crippen molar-refractivity contribution in [2.75, 3.05) is 13.1 Å². The molecule has 0 amide bonds. The predicted octanol–water partition coefficient (Wildman–Crippen LogP) is -0.471. The summed E-state index contributed by atoms with van der Waals surface area (Å²) >= 11 is 0. The van der Waals surface area contributed by atoms with Crippen LogP contribution in [-0.2, 0) is 6.54 Å². The molecule has 2 nitrogen and oxygen atoms in total. The average Bonchev–Trinajstić information content (AvgIpc) is 2.09. The van der Waals surface area contributed by atoms with Crippen LogP contribution in [0.1, 0.15) is 5.56 Å². The second kappa shape index (κ2) is 4.96. The van der Waals surface area contributed by atoms with Crippen molar-refractivity contribution in [3.05, 3.63) is 29.8 Å². The van der Waals surface area contributed by atoms with Crippen LogP contribution in [0.25, 0.3) is 0 Å². The standard InChI is InChI=1S/C9H13BN2/c10-9-3-1-8(2-4-9)7-12-6-5-11/h1-4,12H,5-7,11H2. The van der Waals surface area contributed by atoms with E-state index in [4.69, 9.17) is 13.6 Å². The molecule has 0 aliphatic rings. The lowest BCUT2D eigenvalue weighted by atomic mass is 9.95. The first-order chi connectivity index (χ1) is 5.83. The minimum absolute atomic E-state index is 0.676. The molecule has 0 unspecified atom stereocenters. The molecule has 0 bridgehead atoms. The minimum atomic E-state index is 0.676. The molecule has 0 aliphatic heterocycles. The summed E-state index contributed by atoms with van der Waals surface area (Å²) in [4.78, 5) is 0. The van der Waals surface area contributed by atoms with Crippen molar-refractivity contribution >= 4 is 13.3 Å². The zero-order valence-corrected chi connectivity index (χ0v) is 7.09. The van der Waals surface area contributed by atoms with E-state index in [9.17, 15) is 0 Å². The van der Waals surface area contributed by atoms with Gasteiger partial charge in [-0.15, -0.1) is 0 Å². The van der Waals surface area contributed by atoms with Crippen molar-refractivity contribution in [3.63, 3.8) is 0 Å². The maximum Gasteiger partial charge on any atom is 0.113 e. The number of benzene rings is 1. The molecule has 2 radical (unpaired) electrons. The molecule has 62 valence electrons. The Bertz CT molecular complexity index is 220. The minimum Gasteiger partial charge on any atom is -0.329 e. The Morgan fingerprint density at radius 2 is 1.92 bits per heavy atom. The van der Waals surface area contributed by atoms with Crippen LogP contribution in [-0.4, -0.2) is 20.9 Å². The van der Waals surface area contributed by atoms with Crippen LogP contribution in [0.3, 0.4) is 0 Å². The summed E-state index contributed by atoms with van der Waals surface area (Å²) in [6, 6.07) is 7.83. The maximum absolute atomic E-state index is 5.54. The lowest BCUT2D eigenvalue weighted by Crippen LogP contribution is -2.22. The van der Waals surface area contributed by atoms with Gasteiger partial charge in [0, 0.05) is 19.6 Å². The number of hydrogen-bond donors (Lipinski definition) is 2. The Morgan fingerprint density at radius 3 is 2.50 bits per heavy atom. The van der Waals surface area contributed by atoms with Gasteiger partial charge in [0.15, 0.2) is 0 Å². The molecule has 1 aromatic carbocycles. The highest BCUT2D eigenvalue weighted by Gasteiger charge is 1.89. The smallest absolute Gasteiger partial charge is 0.113 e. The summed E-state index contributed by atoms with van der Waals surface area (Å²) in [5.41, 5.74) is 7.37. The van der Waals surface area contributed by atoms with Crippen molar-refractivity contribution in [2.24, 2.45) is 5.73 Å². The Labute approximate surface area is 74.6 Å². The summed E-state index contributed by atoms with van der Waals surface area (Å²) in [5.74, 6) is 0. The molecule has 0 atom stereocenters. The van der Waals surface area contributed by atoms with Crippen molar-refractivity contribution in [1.29, 1.82) is 0 Å². The fourth-order valence-electron chi connectivity index (χ4n) is 0.970. The van der Waals surface area contributed by atoms with E-state index in [0.717, 1.165) is 18.6 Å². The molecule has 1 aromatic rings. The van der Waals surface area contributed by atoms with Gasteiger partial charge in [0.2, 0.25) is 0 Å². The van der Waals surface area contributed by atoms with E-state index in [1.807, 2.05) is 24.3 Å². The van der Waals surface area contributed by atoms with E-state index in [1.54, 1.807) is 0 Å². The lowest BCUT2D eigenvalue weighted by molar-refractivity contribution is 0.695. The largest absolute Gasteiger partial charge is 0.329 e. The molecule has 0 spiro atoms. The molecular formula is C9H13BN2. The maximum atomic E-state index is 5.54. The van der Waals surface area contributed by atoms with Crippen LogP contribution < -0.4 is 16.5 Å². The van der Waals surface area contributed by atoms with Crippen LogP contribution in [0.2, 0.25) is 0 Å². The second-order valence-electron chi connectivity index (χ2n) is 2.71. The third-order valence-corrected chi connectivity index (χ3v) is 1.63. The van der Waals surface area contributed by atoms with Gasteiger partial charge in [0.25, 0.3) is 0 Å². The van der Waals surface area contributed by atoms with Crippen molar-refractivity contribution in [2.45, 2.75) is 6.54 Å². The Morgan fingerprint density at radius 1 is 1.25 bits per heavy atom. The highest BCUT2D eigenvalue weighted by molar-refractivity contribution is 6.32. The van der Waals surface area contributed by atoms with Crippen LogP contribution in [0, 0.1) is 0 Å². The monoisotopic (exact) mass is 160 g/mol. The zero-order chi connectivity index (χ0) is 8.81. The highest BCUT2D eigenvalue weighted by Crippen LogP contribution is 1.94. The van der Waals surface area contributed by atoms with Crippen LogP contribution in [0.5, 0.6) is 0 Å². The van der Waals surface area contributed by atoms with Gasteiger partial charge in [0.1, 0.15) is 7.85 Å². The van der Waals surface area contributed by atoms with E-state index >= 15 is 0 Å². The van der Waals surface area contributed by atoms with Crippen molar-refractivity contribution < 1.29 is 0 Å². The summed E-state index contributed by atoms with van der Waals surface area (Å²) in [6.45, 7) is 2.39. The predicted molar refractivity (Wildman–Crippen MR) is 52.6 cm³/mol. The van der Waals surface area contributed by atoms with E-state index in [2.05, 4.69) is 5.32 Å². The van der Waals surface area contributed by atoms with Crippen LogP contribution >= 0.6 is 0 Å². The van der Waals surface area contributed by atoms with Gasteiger partial charge < -0.3 is 11.1 Å². The van der Waals surface area contributed by atoms with E-state index in [1.165, 1.54) is 5.56 Å². The molecule has 0 fully saturated rings. The van der Waals surface area contributed by atoms with E-state index < -0.39 is 0 Å². The van der Waals surface area contributed by atoms with Gasteiger partial charge in [-0.3, -0.25) is 0 Å². The fraction of sp³-hybridized carbons (Fsp3) is 0.333. The van der Waals surface area contributed by atoms with Gasteiger partial charge in [-0.25, -0.2) is 0 Å². The number of nitrogens with one attached hydrogen (secondary N) is 1. The quantitative estimate of drug-likeness (QED) is 0.461. The summed E-state index contributed by atoms with van der Waals surface area (Å²) in [5, 5.41) is 3.20. The molecule has 3 N–H and O–H groups in total. The molecule has 1 rings (SSSR count). The number of nitrogens with two attached hydrogens (primary N) is 1. The molecule has 3 heteroatoms. The average molecular weight is 160 g/mol. The van der Waals surface area contributed by atoms with Gasteiger partial charge in [0.05, 0.1) is 0 Å². The molecule has 0 heterocycles. The van der Waals surface area contributed by atoms with Gasteiger partial charge >= 0.3 is 0 Å². The normalized spacial score (nSPS) is 10.1. The Kier molecular flexibility index (Phi) is 3.84. The first-order valence-corrected chi connectivity index (χ1v) is 4.08. The lowest BCUT2D eigenvalue weighted by Gasteiger charge is -2.02. The summed E-state index contributed by atoms with van der Waals surface area (Å²) in [6.07, 6.45) is 0. The zero-order valence-electron chi connectivity index (χ0n) is 7.09. The van der Waals surface area contributed by atoms with Gasteiger partial charge in [-0.2, -0.15) is 0 Å². The number of rotatable bonds is 4. The Balaban J connectivity index is 2.37. The SMILES string of the molecule is [B]c1ccc(CNCCN)cc1. The molecule has 0 aromatic heterocycles. The molecule has 0 aliphatic carbocycles. The third-order valence-electron chi connectivity index (χ3n) is 1.63. The van der Waals surface area contributed by atoms with Crippen LogP contribution in [0.4, 0.5) is 0 Å². The van der Waals surface area contributed by atoms with Crippen molar-refractivity contribution in [1.82, 2.24) is 5.32 Å². The fourth-order valence-corrected chi connectivity index (χ4v) is 0.970. The van der Waals surface area contributed by atoms with Gasteiger partial charge in [-0.1, -0.05) is 29.7 Å². The van der Waals surface area contributed by atoms with Crippen molar-refractivity contribution in [3.8, 4) is 0 Å². The molecule has 0 saturated carbocycles. The number of hydrogen-bond acceptors (Lipinski definition) is 2. The summed E-state index contributed by atoms with van der Waals surface area (Å²) < 4.78 is 0. The van der Waals surface area contributed by atoms with Crippen LogP contribution in [0.15, 0.2) is 24.3 Å². The molecule has 12 heavy (non-hydrogen) atoms. The highest BCUT2D eigenvalue weighted by atomic mass is 14.9. The molecule has 0 saturated heterocycles. The third kappa shape index (κ3) is 3.07. The second-order valence-corrected chi connectivity index (χ2v) is 2.71. The first-order valence-electron chi connectivity index (χ1n) is 4.08.